The van der Waals surface area contributed by atoms with Crippen LogP contribution in [0.25, 0.3) is 0 Å². The lowest BCUT2D eigenvalue weighted by Gasteiger charge is -2.30. The second kappa shape index (κ2) is 5.30. The summed E-state index contributed by atoms with van der Waals surface area (Å²) < 4.78 is 3.96. The molecule has 1 unspecified atom stereocenters. The zero-order valence-electron chi connectivity index (χ0n) is 9.92. The molecular formula is C10H14N4O3S. The Labute approximate surface area is 108 Å². The molecule has 2 heterocycles. The van der Waals surface area contributed by atoms with Crippen molar-refractivity contribution in [3.63, 3.8) is 0 Å². The molecule has 1 aromatic heterocycles. The number of rotatable bonds is 2. The predicted octanol–water partition coefficient (Wildman–Crippen LogP) is 1.18. The van der Waals surface area contributed by atoms with Crippen molar-refractivity contribution in [3.05, 3.63) is 5.82 Å². The van der Waals surface area contributed by atoms with E-state index < -0.39 is 11.9 Å². The molecule has 8 heteroatoms. The number of anilines is 1. The van der Waals surface area contributed by atoms with E-state index in [1.807, 2.05) is 0 Å². The van der Waals surface area contributed by atoms with Gasteiger partial charge < -0.3 is 10.0 Å². The second-order valence-electron chi connectivity index (χ2n) is 4.20. The maximum absolute atomic E-state index is 11.9. The summed E-state index contributed by atoms with van der Waals surface area (Å²) in [5.74, 6) is -0.711. The van der Waals surface area contributed by atoms with Crippen molar-refractivity contribution >= 4 is 28.7 Å². The van der Waals surface area contributed by atoms with Crippen LogP contribution in [0.4, 0.5) is 9.93 Å². The van der Waals surface area contributed by atoms with Gasteiger partial charge in [-0.25, -0.2) is 9.78 Å². The molecule has 1 aromatic rings. The third kappa shape index (κ3) is 2.95. The largest absolute Gasteiger partial charge is 0.481 e. The van der Waals surface area contributed by atoms with E-state index >= 15 is 0 Å². The Hall–Kier alpha value is -1.70. The first kappa shape index (κ1) is 12.7. The number of amides is 2. The van der Waals surface area contributed by atoms with E-state index in [1.54, 1.807) is 6.92 Å². The van der Waals surface area contributed by atoms with Crippen molar-refractivity contribution in [3.8, 4) is 0 Å². The fraction of sp³-hybridized carbons (Fsp3) is 0.600. The van der Waals surface area contributed by atoms with Gasteiger partial charge in [0.05, 0.1) is 5.92 Å². The predicted molar refractivity (Wildman–Crippen MR) is 65.6 cm³/mol. The van der Waals surface area contributed by atoms with Gasteiger partial charge >= 0.3 is 12.0 Å². The van der Waals surface area contributed by atoms with Crippen molar-refractivity contribution in [1.29, 1.82) is 0 Å². The molecule has 98 valence electrons. The number of hydrogen-bond acceptors (Lipinski definition) is 5. The molecule has 1 aliphatic rings. The number of aryl methyl sites for hydroxylation is 1. The van der Waals surface area contributed by atoms with Gasteiger partial charge in [0.2, 0.25) is 5.13 Å². The number of carboxylic acids is 1. The molecule has 7 nitrogen and oxygen atoms in total. The van der Waals surface area contributed by atoms with Gasteiger partial charge in [0.25, 0.3) is 0 Å². The van der Waals surface area contributed by atoms with Gasteiger partial charge in [0.15, 0.2) is 0 Å². The van der Waals surface area contributed by atoms with Gasteiger partial charge in [0.1, 0.15) is 5.82 Å². The summed E-state index contributed by atoms with van der Waals surface area (Å²) in [5, 5.41) is 12.0. The first-order valence-corrected chi connectivity index (χ1v) is 6.42. The summed E-state index contributed by atoms with van der Waals surface area (Å²) in [6.07, 6.45) is 1.33. The SMILES string of the molecule is Cc1nsc(NC(=O)N2CCCC(C(=O)O)C2)n1. The first-order chi connectivity index (χ1) is 8.56. The van der Waals surface area contributed by atoms with Crippen molar-refractivity contribution in [2.75, 3.05) is 18.4 Å². The fourth-order valence-corrected chi connectivity index (χ4v) is 2.45. The molecule has 1 aliphatic heterocycles. The molecule has 2 rings (SSSR count). The van der Waals surface area contributed by atoms with Crippen LogP contribution in [0, 0.1) is 12.8 Å². The average Bonchev–Trinajstić information content (AvgIpc) is 2.75. The van der Waals surface area contributed by atoms with Gasteiger partial charge in [0, 0.05) is 24.6 Å². The number of carbonyl (C=O) groups is 2. The summed E-state index contributed by atoms with van der Waals surface area (Å²) >= 11 is 1.11. The lowest BCUT2D eigenvalue weighted by molar-refractivity contribution is -0.143. The minimum atomic E-state index is -0.848. The van der Waals surface area contributed by atoms with Crippen LogP contribution in [-0.2, 0) is 4.79 Å². The summed E-state index contributed by atoms with van der Waals surface area (Å²) in [6, 6.07) is -0.308. The quantitative estimate of drug-likeness (QED) is 0.841. The summed E-state index contributed by atoms with van der Waals surface area (Å²) in [4.78, 5) is 28.4. The van der Waals surface area contributed by atoms with Gasteiger partial charge in [-0.3, -0.25) is 10.1 Å². The van der Waals surface area contributed by atoms with E-state index in [2.05, 4.69) is 14.7 Å². The molecule has 0 aliphatic carbocycles. The first-order valence-electron chi connectivity index (χ1n) is 5.65. The maximum Gasteiger partial charge on any atom is 0.323 e. The molecule has 0 saturated carbocycles. The minimum absolute atomic E-state index is 0.249. The average molecular weight is 270 g/mol. The Morgan fingerprint density at radius 3 is 2.94 bits per heavy atom. The molecule has 2 amide bonds. The standard InChI is InChI=1S/C10H14N4O3S/c1-6-11-9(18-13-6)12-10(17)14-4-2-3-7(5-14)8(15)16/h7H,2-5H2,1H3,(H,15,16)(H,11,12,13,17). The Morgan fingerprint density at radius 1 is 1.56 bits per heavy atom. The number of carbonyl (C=O) groups excluding carboxylic acids is 1. The highest BCUT2D eigenvalue weighted by Gasteiger charge is 2.28. The lowest BCUT2D eigenvalue weighted by Crippen LogP contribution is -2.44. The Balaban J connectivity index is 1.94. The maximum atomic E-state index is 11.9. The van der Waals surface area contributed by atoms with E-state index in [0.29, 0.717) is 30.3 Å². The van der Waals surface area contributed by atoms with Gasteiger partial charge in [-0.15, -0.1) is 0 Å². The van der Waals surface area contributed by atoms with Crippen LogP contribution in [-0.4, -0.2) is 44.5 Å². The normalized spacial score (nSPS) is 19.6. The number of hydrogen-bond donors (Lipinski definition) is 2. The van der Waals surface area contributed by atoms with Gasteiger partial charge in [-0.2, -0.15) is 4.37 Å². The van der Waals surface area contributed by atoms with Crippen LogP contribution in [0.3, 0.4) is 0 Å². The summed E-state index contributed by atoms with van der Waals surface area (Å²) in [7, 11) is 0. The van der Waals surface area contributed by atoms with Crippen molar-refractivity contribution < 1.29 is 14.7 Å². The molecule has 18 heavy (non-hydrogen) atoms. The number of piperidine rings is 1. The summed E-state index contributed by atoms with van der Waals surface area (Å²) in [6.45, 7) is 2.57. The van der Waals surface area contributed by atoms with Crippen LogP contribution in [0.15, 0.2) is 0 Å². The van der Waals surface area contributed by atoms with Crippen molar-refractivity contribution in [2.45, 2.75) is 19.8 Å². The monoisotopic (exact) mass is 270 g/mol. The molecule has 1 atom stereocenters. The van der Waals surface area contributed by atoms with Crippen LogP contribution in [0.5, 0.6) is 0 Å². The van der Waals surface area contributed by atoms with E-state index in [-0.39, 0.29) is 12.6 Å². The third-order valence-electron chi connectivity index (χ3n) is 2.80. The fourth-order valence-electron chi connectivity index (χ4n) is 1.88. The Morgan fingerprint density at radius 2 is 2.33 bits per heavy atom. The number of likely N-dealkylation sites (tertiary alicyclic amines) is 1. The van der Waals surface area contributed by atoms with Gasteiger partial charge in [-0.1, -0.05) is 0 Å². The highest BCUT2D eigenvalue weighted by molar-refractivity contribution is 7.09. The molecule has 0 spiro atoms. The van der Waals surface area contributed by atoms with Gasteiger partial charge in [-0.05, 0) is 19.8 Å². The molecule has 1 fully saturated rings. The number of aromatic nitrogens is 2. The molecule has 0 bridgehead atoms. The van der Waals surface area contributed by atoms with E-state index in [4.69, 9.17) is 5.11 Å². The van der Waals surface area contributed by atoms with E-state index in [0.717, 1.165) is 11.5 Å². The van der Waals surface area contributed by atoms with Crippen LogP contribution >= 0.6 is 11.5 Å². The van der Waals surface area contributed by atoms with E-state index in [1.165, 1.54) is 4.90 Å². The lowest BCUT2D eigenvalue weighted by atomic mass is 9.99. The molecule has 0 radical (unpaired) electrons. The number of aliphatic carboxylic acids is 1. The van der Waals surface area contributed by atoms with Crippen LogP contribution in [0.2, 0.25) is 0 Å². The van der Waals surface area contributed by atoms with Crippen LogP contribution < -0.4 is 5.32 Å². The highest BCUT2D eigenvalue weighted by atomic mass is 32.1. The molecule has 0 aromatic carbocycles. The van der Waals surface area contributed by atoms with Crippen molar-refractivity contribution in [2.24, 2.45) is 5.92 Å². The van der Waals surface area contributed by atoms with E-state index in [9.17, 15) is 9.59 Å². The second-order valence-corrected chi connectivity index (χ2v) is 4.95. The smallest absolute Gasteiger partial charge is 0.323 e. The number of nitrogens with one attached hydrogen (secondary N) is 1. The van der Waals surface area contributed by atoms with Crippen LogP contribution in [0.1, 0.15) is 18.7 Å². The number of carboxylic acid groups (broad SMARTS) is 1. The highest BCUT2D eigenvalue weighted by Crippen LogP contribution is 2.18. The zero-order chi connectivity index (χ0) is 13.1. The zero-order valence-corrected chi connectivity index (χ0v) is 10.7. The summed E-state index contributed by atoms with van der Waals surface area (Å²) in [5.41, 5.74) is 0. The third-order valence-corrected chi connectivity index (χ3v) is 3.52. The minimum Gasteiger partial charge on any atom is -0.481 e. The topological polar surface area (TPSA) is 95.4 Å². The Bertz CT molecular complexity index is 462. The van der Waals surface area contributed by atoms with Crippen molar-refractivity contribution in [1.82, 2.24) is 14.3 Å². The number of nitrogens with zero attached hydrogens (tertiary/aromatic N) is 3. The molecule has 1 saturated heterocycles. The Kier molecular flexibility index (Phi) is 3.75. The number of urea groups is 1. The molecule has 2 N–H and O–H groups in total. The molecular weight excluding hydrogens is 256 g/mol.